The van der Waals surface area contributed by atoms with Gasteiger partial charge in [0.25, 0.3) is 0 Å². The minimum atomic E-state index is -0.523. The van der Waals surface area contributed by atoms with Crippen molar-refractivity contribution in [2.45, 2.75) is 32.2 Å². The number of rotatable bonds is 6. The molecule has 0 unspecified atom stereocenters. The van der Waals surface area contributed by atoms with Crippen LogP contribution in [0.5, 0.6) is 0 Å². The fraction of sp³-hybridized carbons (Fsp3) is 0.360. The molecule has 0 spiro atoms. The normalized spacial score (nSPS) is 15.7. The van der Waals surface area contributed by atoms with Crippen molar-refractivity contribution in [2.75, 3.05) is 36.8 Å². The van der Waals surface area contributed by atoms with Gasteiger partial charge in [0, 0.05) is 42.2 Å². The van der Waals surface area contributed by atoms with Gasteiger partial charge in [-0.05, 0) is 62.3 Å². The molecular formula is C25H26ClF2N5O. The van der Waals surface area contributed by atoms with Crippen LogP contribution in [0.4, 0.5) is 20.4 Å². The van der Waals surface area contributed by atoms with E-state index in [-0.39, 0.29) is 17.2 Å². The summed E-state index contributed by atoms with van der Waals surface area (Å²) >= 11 is 6.13. The third-order valence-corrected chi connectivity index (χ3v) is 6.62. The van der Waals surface area contributed by atoms with E-state index < -0.39 is 11.6 Å². The number of nitrogens with one attached hydrogen (secondary N) is 2. The van der Waals surface area contributed by atoms with Crippen molar-refractivity contribution < 1.29 is 13.6 Å². The standard InChI is InChI=1S/C25H26ClF2N5O/c26-17-5-7-19(27)18(15-17)23-24(33-13-9-29-25(33)31-23)16-4-6-20(28)21(14-16)30-22(34)8-12-32-10-2-1-3-11-32/h4-7,14-15H,1-3,8-13H2,(H,29,31)(H,30,34). The van der Waals surface area contributed by atoms with Crippen LogP contribution >= 0.6 is 11.6 Å². The van der Waals surface area contributed by atoms with E-state index in [2.05, 4.69) is 20.5 Å². The highest BCUT2D eigenvalue weighted by Crippen LogP contribution is 2.39. The van der Waals surface area contributed by atoms with E-state index >= 15 is 0 Å². The van der Waals surface area contributed by atoms with E-state index in [4.69, 9.17) is 11.6 Å². The zero-order valence-electron chi connectivity index (χ0n) is 18.7. The Hall–Kier alpha value is -2.97. The number of benzene rings is 2. The molecule has 1 fully saturated rings. The Labute approximate surface area is 201 Å². The highest BCUT2D eigenvalue weighted by atomic mass is 35.5. The Kier molecular flexibility index (Phi) is 6.52. The summed E-state index contributed by atoms with van der Waals surface area (Å²) in [5, 5.41) is 6.30. The number of fused-ring (bicyclic) bond motifs is 1. The van der Waals surface area contributed by atoms with Gasteiger partial charge in [0.05, 0.1) is 11.4 Å². The van der Waals surface area contributed by atoms with Crippen LogP contribution in [-0.4, -0.2) is 46.5 Å². The molecule has 1 aromatic heterocycles. The molecule has 9 heteroatoms. The lowest BCUT2D eigenvalue weighted by Crippen LogP contribution is -2.32. The van der Waals surface area contributed by atoms with Crippen LogP contribution in [0.2, 0.25) is 5.02 Å². The summed E-state index contributed by atoms with van der Waals surface area (Å²) in [5.41, 5.74) is 2.05. The van der Waals surface area contributed by atoms with E-state index in [9.17, 15) is 13.6 Å². The maximum Gasteiger partial charge on any atom is 0.225 e. The summed E-state index contributed by atoms with van der Waals surface area (Å²) in [4.78, 5) is 19.4. The molecule has 5 rings (SSSR count). The molecule has 2 aliphatic heterocycles. The SMILES string of the molecule is O=C(CCN1CCCCC1)Nc1cc(-c2c(-c3cc(Cl)ccc3F)nc3n2CCN3)ccc1F. The first-order valence-electron chi connectivity index (χ1n) is 11.6. The van der Waals surface area contributed by atoms with Gasteiger partial charge in [-0.15, -0.1) is 0 Å². The highest BCUT2D eigenvalue weighted by molar-refractivity contribution is 6.30. The van der Waals surface area contributed by atoms with Crippen LogP contribution in [0.25, 0.3) is 22.5 Å². The van der Waals surface area contributed by atoms with E-state index in [1.165, 1.54) is 30.7 Å². The summed E-state index contributed by atoms with van der Waals surface area (Å²) in [7, 11) is 0. The highest BCUT2D eigenvalue weighted by Gasteiger charge is 2.25. The zero-order valence-corrected chi connectivity index (χ0v) is 19.5. The van der Waals surface area contributed by atoms with Gasteiger partial charge >= 0.3 is 0 Å². The zero-order chi connectivity index (χ0) is 23.7. The molecule has 0 atom stereocenters. The minimum absolute atomic E-state index is 0.0974. The Bertz CT molecular complexity index is 1220. The monoisotopic (exact) mass is 485 g/mol. The van der Waals surface area contributed by atoms with Gasteiger partial charge in [0.15, 0.2) is 0 Å². The molecule has 6 nitrogen and oxygen atoms in total. The van der Waals surface area contributed by atoms with E-state index in [1.54, 1.807) is 12.1 Å². The van der Waals surface area contributed by atoms with Crippen LogP contribution in [0.15, 0.2) is 36.4 Å². The van der Waals surface area contributed by atoms with Crippen molar-refractivity contribution in [3.05, 3.63) is 53.1 Å². The van der Waals surface area contributed by atoms with Crippen molar-refractivity contribution >= 4 is 29.1 Å². The number of carbonyl (C=O) groups is 1. The van der Waals surface area contributed by atoms with Gasteiger partial charge in [-0.3, -0.25) is 4.79 Å². The van der Waals surface area contributed by atoms with Gasteiger partial charge in [-0.25, -0.2) is 13.8 Å². The number of hydrogen-bond acceptors (Lipinski definition) is 4. The number of imidazole rings is 1. The van der Waals surface area contributed by atoms with Crippen LogP contribution < -0.4 is 10.6 Å². The van der Waals surface area contributed by atoms with Crippen molar-refractivity contribution in [1.82, 2.24) is 14.5 Å². The summed E-state index contributed by atoms with van der Waals surface area (Å²) in [6.07, 6.45) is 3.83. The van der Waals surface area contributed by atoms with E-state index in [1.807, 2.05) is 4.57 Å². The summed E-state index contributed by atoms with van der Waals surface area (Å²) < 4.78 is 31.3. The lowest BCUT2D eigenvalue weighted by Gasteiger charge is -2.26. The summed E-state index contributed by atoms with van der Waals surface area (Å²) in [6, 6.07) is 8.84. The topological polar surface area (TPSA) is 62.2 Å². The van der Waals surface area contributed by atoms with Crippen LogP contribution in [0.1, 0.15) is 25.7 Å². The lowest BCUT2D eigenvalue weighted by molar-refractivity contribution is -0.116. The summed E-state index contributed by atoms with van der Waals surface area (Å²) in [6.45, 7) is 3.98. The van der Waals surface area contributed by atoms with E-state index in [0.29, 0.717) is 54.0 Å². The molecule has 2 N–H and O–H groups in total. The Morgan fingerprint density at radius 2 is 1.85 bits per heavy atom. The number of aromatic nitrogens is 2. The fourth-order valence-electron chi connectivity index (χ4n) is 4.67. The molecule has 1 amide bonds. The molecule has 0 aliphatic carbocycles. The van der Waals surface area contributed by atoms with Crippen molar-refractivity contribution in [2.24, 2.45) is 0 Å². The second-order valence-electron chi connectivity index (χ2n) is 8.73. The van der Waals surface area contributed by atoms with Crippen LogP contribution in [0, 0.1) is 11.6 Å². The summed E-state index contributed by atoms with van der Waals surface area (Å²) in [5.74, 6) is -0.593. The van der Waals surface area contributed by atoms with Crippen LogP contribution in [0.3, 0.4) is 0 Å². The molecule has 34 heavy (non-hydrogen) atoms. The molecule has 0 bridgehead atoms. The molecular weight excluding hydrogens is 460 g/mol. The Morgan fingerprint density at radius 3 is 2.68 bits per heavy atom. The number of halogens is 3. The quantitative estimate of drug-likeness (QED) is 0.491. The maximum absolute atomic E-state index is 14.7. The number of anilines is 2. The van der Waals surface area contributed by atoms with Crippen molar-refractivity contribution in [1.29, 1.82) is 0 Å². The first-order valence-corrected chi connectivity index (χ1v) is 12.0. The average molecular weight is 486 g/mol. The smallest absolute Gasteiger partial charge is 0.225 e. The van der Waals surface area contributed by atoms with E-state index in [0.717, 1.165) is 25.9 Å². The molecule has 2 aromatic carbocycles. The Balaban J connectivity index is 1.44. The number of piperidine rings is 1. The van der Waals surface area contributed by atoms with Gasteiger partial charge in [-0.1, -0.05) is 18.0 Å². The fourth-order valence-corrected chi connectivity index (χ4v) is 4.84. The van der Waals surface area contributed by atoms with Crippen molar-refractivity contribution in [3.63, 3.8) is 0 Å². The third-order valence-electron chi connectivity index (χ3n) is 6.39. The first kappa shape index (κ1) is 22.8. The minimum Gasteiger partial charge on any atom is -0.354 e. The number of amides is 1. The molecule has 3 aromatic rings. The predicted octanol–water partition coefficient (Wildman–Crippen LogP) is 5.39. The first-order chi connectivity index (χ1) is 16.5. The lowest BCUT2D eigenvalue weighted by atomic mass is 10.0. The molecule has 1 saturated heterocycles. The number of nitrogens with zero attached hydrogens (tertiary/aromatic N) is 3. The predicted molar refractivity (Wildman–Crippen MR) is 130 cm³/mol. The molecule has 0 saturated carbocycles. The van der Waals surface area contributed by atoms with Crippen molar-refractivity contribution in [3.8, 4) is 22.5 Å². The molecule has 3 heterocycles. The van der Waals surface area contributed by atoms with Gasteiger partial charge < -0.3 is 20.1 Å². The van der Waals surface area contributed by atoms with Gasteiger partial charge in [0.2, 0.25) is 11.9 Å². The molecule has 0 radical (unpaired) electrons. The second kappa shape index (κ2) is 9.72. The second-order valence-corrected chi connectivity index (χ2v) is 9.17. The molecule has 2 aliphatic rings. The van der Waals surface area contributed by atoms with Gasteiger partial charge in [-0.2, -0.15) is 0 Å². The Morgan fingerprint density at radius 1 is 1.06 bits per heavy atom. The number of carbonyl (C=O) groups excluding carboxylic acids is 1. The van der Waals surface area contributed by atoms with Gasteiger partial charge in [0.1, 0.15) is 17.3 Å². The molecule has 178 valence electrons. The number of likely N-dealkylation sites (tertiary alicyclic amines) is 1. The third kappa shape index (κ3) is 4.65. The number of hydrogen-bond donors (Lipinski definition) is 2. The maximum atomic E-state index is 14.7. The van der Waals surface area contributed by atoms with Crippen LogP contribution in [-0.2, 0) is 11.3 Å². The largest absolute Gasteiger partial charge is 0.354 e. The average Bonchev–Trinajstić information content (AvgIpc) is 3.43.